The summed E-state index contributed by atoms with van der Waals surface area (Å²) < 4.78 is 0. The highest BCUT2D eigenvalue weighted by atomic mass is 16.2. The van der Waals surface area contributed by atoms with Crippen LogP contribution in [0.2, 0.25) is 0 Å². The first-order chi connectivity index (χ1) is 7.63. The molecule has 2 amide bonds. The van der Waals surface area contributed by atoms with E-state index in [1.807, 2.05) is 0 Å². The van der Waals surface area contributed by atoms with Crippen LogP contribution in [0.3, 0.4) is 0 Å². The van der Waals surface area contributed by atoms with E-state index >= 15 is 0 Å². The van der Waals surface area contributed by atoms with Gasteiger partial charge >= 0.3 is 0 Å². The summed E-state index contributed by atoms with van der Waals surface area (Å²) in [5, 5.41) is 5.83. The number of carbonyl (C=O) groups is 2. The molecule has 92 valence electrons. The monoisotopic (exact) mass is 227 g/mol. The minimum atomic E-state index is -0.132. The van der Waals surface area contributed by atoms with Gasteiger partial charge in [0.1, 0.15) is 0 Å². The lowest BCUT2D eigenvalue weighted by molar-refractivity contribution is -0.135. The number of likely N-dealkylation sites (N-methyl/N-ethyl adjacent to an activating group) is 2. The quantitative estimate of drug-likeness (QED) is 0.694. The van der Waals surface area contributed by atoms with E-state index in [-0.39, 0.29) is 24.4 Å². The first-order valence-electron chi connectivity index (χ1n) is 5.81. The first-order valence-corrected chi connectivity index (χ1v) is 5.81. The number of carbonyl (C=O) groups excluding carboxylic acids is 2. The van der Waals surface area contributed by atoms with Crippen LogP contribution in [-0.4, -0.2) is 49.9 Å². The van der Waals surface area contributed by atoms with Crippen LogP contribution in [0.1, 0.15) is 25.7 Å². The average Bonchev–Trinajstić information content (AvgIpc) is 2.30. The average molecular weight is 227 g/mol. The molecule has 0 saturated carbocycles. The smallest absolute Gasteiger partial charge is 0.239 e. The summed E-state index contributed by atoms with van der Waals surface area (Å²) in [5.74, 6) is -0.101. The molecule has 0 aromatic heterocycles. The molecule has 0 radical (unpaired) electrons. The molecule has 0 spiro atoms. The third-order valence-corrected chi connectivity index (χ3v) is 2.92. The summed E-state index contributed by atoms with van der Waals surface area (Å²) in [6.45, 7) is 1.14. The van der Waals surface area contributed by atoms with E-state index in [0.717, 1.165) is 13.0 Å². The molecule has 1 rings (SSSR count). The second-order valence-electron chi connectivity index (χ2n) is 4.27. The molecule has 1 atom stereocenters. The van der Waals surface area contributed by atoms with Crippen molar-refractivity contribution in [1.29, 1.82) is 0 Å². The highest BCUT2D eigenvalue weighted by molar-refractivity contribution is 5.84. The highest BCUT2D eigenvalue weighted by Crippen LogP contribution is 2.10. The summed E-state index contributed by atoms with van der Waals surface area (Å²) in [5.41, 5.74) is 0. The molecule has 1 fully saturated rings. The lowest BCUT2D eigenvalue weighted by Crippen LogP contribution is -2.42. The molecule has 1 saturated heterocycles. The Morgan fingerprint density at radius 1 is 1.44 bits per heavy atom. The molecule has 0 aliphatic carbocycles. The minimum Gasteiger partial charge on any atom is -0.358 e. The van der Waals surface area contributed by atoms with E-state index in [2.05, 4.69) is 10.6 Å². The van der Waals surface area contributed by atoms with Gasteiger partial charge < -0.3 is 15.5 Å². The molecule has 5 heteroatoms. The first kappa shape index (κ1) is 13.0. The summed E-state index contributed by atoms with van der Waals surface area (Å²) >= 11 is 0. The Hall–Kier alpha value is -1.10. The van der Waals surface area contributed by atoms with Crippen molar-refractivity contribution < 1.29 is 9.59 Å². The Balaban J connectivity index is 2.29. The van der Waals surface area contributed by atoms with Gasteiger partial charge in [0.2, 0.25) is 11.8 Å². The third-order valence-electron chi connectivity index (χ3n) is 2.92. The zero-order valence-electron chi connectivity index (χ0n) is 10.1. The molecule has 0 bridgehead atoms. The molecule has 1 unspecified atom stereocenters. The molecule has 1 heterocycles. The van der Waals surface area contributed by atoms with Gasteiger partial charge in [-0.15, -0.1) is 0 Å². The van der Waals surface area contributed by atoms with Gasteiger partial charge in [0.05, 0.1) is 6.54 Å². The predicted molar refractivity (Wildman–Crippen MR) is 62.0 cm³/mol. The van der Waals surface area contributed by atoms with Crippen LogP contribution in [0.15, 0.2) is 0 Å². The summed E-state index contributed by atoms with van der Waals surface area (Å²) in [6, 6.07) is 0.286. The van der Waals surface area contributed by atoms with E-state index in [9.17, 15) is 9.59 Å². The van der Waals surface area contributed by atoms with Crippen molar-refractivity contribution in [3.05, 3.63) is 0 Å². The lowest BCUT2D eigenvalue weighted by Gasteiger charge is -2.25. The van der Waals surface area contributed by atoms with Gasteiger partial charge in [-0.1, -0.05) is 6.42 Å². The molecule has 2 N–H and O–H groups in total. The van der Waals surface area contributed by atoms with Gasteiger partial charge in [-0.2, -0.15) is 0 Å². The number of nitrogens with one attached hydrogen (secondary N) is 2. The molecular weight excluding hydrogens is 206 g/mol. The van der Waals surface area contributed by atoms with E-state index in [1.54, 1.807) is 14.1 Å². The van der Waals surface area contributed by atoms with Crippen molar-refractivity contribution in [2.45, 2.75) is 31.7 Å². The maximum absolute atomic E-state index is 11.8. The van der Waals surface area contributed by atoms with Crippen LogP contribution < -0.4 is 10.6 Å². The fourth-order valence-electron chi connectivity index (χ4n) is 1.85. The van der Waals surface area contributed by atoms with Crippen molar-refractivity contribution in [2.24, 2.45) is 0 Å². The van der Waals surface area contributed by atoms with Gasteiger partial charge in [-0.25, -0.2) is 0 Å². The number of piperidine rings is 1. The fraction of sp³-hybridized carbons (Fsp3) is 0.818. The van der Waals surface area contributed by atoms with Crippen LogP contribution in [-0.2, 0) is 9.59 Å². The topological polar surface area (TPSA) is 61.4 Å². The Bertz CT molecular complexity index is 250. The van der Waals surface area contributed by atoms with Gasteiger partial charge in [0, 0.05) is 26.6 Å². The molecular formula is C11H21N3O2. The minimum absolute atomic E-state index is 0.0306. The standard InChI is InChI=1S/C11H21N3O2/c1-12-10(15)8-14(2)11(16)7-9-5-3-4-6-13-9/h9,13H,3-8H2,1-2H3,(H,12,15). The van der Waals surface area contributed by atoms with E-state index in [1.165, 1.54) is 17.7 Å². The van der Waals surface area contributed by atoms with Crippen LogP contribution in [0.5, 0.6) is 0 Å². The molecule has 1 aliphatic rings. The lowest BCUT2D eigenvalue weighted by atomic mass is 10.0. The van der Waals surface area contributed by atoms with Crippen molar-refractivity contribution in [2.75, 3.05) is 27.2 Å². The van der Waals surface area contributed by atoms with Crippen molar-refractivity contribution >= 4 is 11.8 Å². The second-order valence-corrected chi connectivity index (χ2v) is 4.27. The predicted octanol–water partition coefficient (Wildman–Crippen LogP) is -0.277. The van der Waals surface area contributed by atoms with Gasteiger partial charge in [0.25, 0.3) is 0 Å². The van der Waals surface area contributed by atoms with Crippen molar-refractivity contribution in [1.82, 2.24) is 15.5 Å². The van der Waals surface area contributed by atoms with Gasteiger partial charge in [-0.05, 0) is 19.4 Å². The number of hydrogen-bond donors (Lipinski definition) is 2. The largest absolute Gasteiger partial charge is 0.358 e. The summed E-state index contributed by atoms with van der Waals surface area (Å²) in [6.07, 6.45) is 3.93. The Kier molecular flexibility index (Phi) is 5.25. The third kappa shape index (κ3) is 4.18. The Morgan fingerprint density at radius 2 is 2.19 bits per heavy atom. The SMILES string of the molecule is CNC(=O)CN(C)C(=O)CC1CCCCN1. The van der Waals surface area contributed by atoms with Gasteiger partial charge in [-0.3, -0.25) is 9.59 Å². The Labute approximate surface area is 96.6 Å². The fourth-order valence-corrected chi connectivity index (χ4v) is 1.85. The van der Waals surface area contributed by atoms with Gasteiger partial charge in [0.15, 0.2) is 0 Å². The normalized spacial score (nSPS) is 20.2. The zero-order valence-corrected chi connectivity index (χ0v) is 10.1. The number of nitrogens with zero attached hydrogens (tertiary/aromatic N) is 1. The zero-order chi connectivity index (χ0) is 12.0. The number of hydrogen-bond acceptors (Lipinski definition) is 3. The summed E-state index contributed by atoms with van der Waals surface area (Å²) in [4.78, 5) is 24.3. The van der Waals surface area contributed by atoms with Crippen LogP contribution >= 0.6 is 0 Å². The molecule has 0 aromatic carbocycles. The van der Waals surface area contributed by atoms with Crippen molar-refractivity contribution in [3.63, 3.8) is 0 Å². The van der Waals surface area contributed by atoms with Crippen LogP contribution in [0.25, 0.3) is 0 Å². The highest BCUT2D eigenvalue weighted by Gasteiger charge is 2.19. The second kappa shape index (κ2) is 6.48. The van der Waals surface area contributed by atoms with E-state index in [0.29, 0.717) is 6.42 Å². The van der Waals surface area contributed by atoms with Crippen LogP contribution in [0, 0.1) is 0 Å². The summed E-state index contributed by atoms with van der Waals surface area (Å²) in [7, 11) is 3.24. The Morgan fingerprint density at radius 3 is 2.75 bits per heavy atom. The molecule has 1 aliphatic heterocycles. The number of rotatable bonds is 4. The molecule has 0 aromatic rings. The maximum atomic E-state index is 11.8. The van der Waals surface area contributed by atoms with E-state index in [4.69, 9.17) is 0 Å². The molecule has 5 nitrogen and oxygen atoms in total. The van der Waals surface area contributed by atoms with E-state index < -0.39 is 0 Å². The molecule has 16 heavy (non-hydrogen) atoms. The number of amides is 2. The van der Waals surface area contributed by atoms with Crippen molar-refractivity contribution in [3.8, 4) is 0 Å². The maximum Gasteiger partial charge on any atom is 0.239 e. The van der Waals surface area contributed by atoms with Crippen LogP contribution in [0.4, 0.5) is 0 Å².